The van der Waals surface area contributed by atoms with Crippen LogP contribution in [0.5, 0.6) is 0 Å². The van der Waals surface area contributed by atoms with E-state index in [-0.39, 0.29) is 0 Å². The van der Waals surface area contributed by atoms with Crippen molar-refractivity contribution in [1.82, 2.24) is 0 Å². The van der Waals surface area contributed by atoms with Crippen LogP contribution in [0, 0.1) is 11.8 Å². The third-order valence-corrected chi connectivity index (χ3v) is 2.89. The zero-order chi connectivity index (χ0) is 6.97. The molecule has 0 nitrogen and oxygen atoms in total. The van der Waals surface area contributed by atoms with E-state index in [4.69, 9.17) is 0 Å². The van der Waals surface area contributed by atoms with Crippen molar-refractivity contribution in [2.24, 2.45) is 11.8 Å². The van der Waals surface area contributed by atoms with Crippen LogP contribution in [-0.4, -0.2) is 0 Å². The lowest BCUT2D eigenvalue weighted by molar-refractivity contribution is 0.296. The van der Waals surface area contributed by atoms with Crippen LogP contribution in [0.1, 0.15) is 25.7 Å². The lowest BCUT2D eigenvalue weighted by atomic mass is 9.65. The van der Waals surface area contributed by atoms with Crippen molar-refractivity contribution in [1.29, 1.82) is 0 Å². The van der Waals surface area contributed by atoms with Gasteiger partial charge in [0, 0.05) is 0 Å². The first-order valence-corrected chi connectivity index (χ1v) is 4.23. The summed E-state index contributed by atoms with van der Waals surface area (Å²) in [6.45, 7) is 3.85. The molecule has 0 aromatic heterocycles. The van der Waals surface area contributed by atoms with Crippen molar-refractivity contribution in [3.05, 3.63) is 24.3 Å². The molecule has 0 heteroatoms. The van der Waals surface area contributed by atoms with Gasteiger partial charge in [-0.25, -0.2) is 0 Å². The first kappa shape index (κ1) is 6.21. The molecule has 2 atom stereocenters. The Morgan fingerprint density at radius 1 is 1.60 bits per heavy atom. The normalized spacial score (nSPS) is 37.4. The van der Waals surface area contributed by atoms with Crippen molar-refractivity contribution >= 4 is 0 Å². The third kappa shape index (κ3) is 0.749. The molecule has 0 N–H and O–H groups in total. The molecule has 54 valence electrons. The number of hydrogen-bond donors (Lipinski definition) is 0. The predicted molar refractivity (Wildman–Crippen MR) is 43.7 cm³/mol. The summed E-state index contributed by atoms with van der Waals surface area (Å²) in [7, 11) is 0. The summed E-state index contributed by atoms with van der Waals surface area (Å²) in [5.74, 6) is 1.73. The van der Waals surface area contributed by atoms with Gasteiger partial charge in [-0.1, -0.05) is 17.7 Å². The summed E-state index contributed by atoms with van der Waals surface area (Å²) in [5.41, 5.74) is 1.72. The van der Waals surface area contributed by atoms with Crippen molar-refractivity contribution in [2.75, 3.05) is 0 Å². The van der Waals surface area contributed by atoms with Crippen molar-refractivity contribution < 1.29 is 0 Å². The van der Waals surface area contributed by atoms with Crippen LogP contribution in [0.2, 0.25) is 0 Å². The summed E-state index contributed by atoms with van der Waals surface area (Å²) in [6.07, 6.45) is 10.0. The average Bonchev–Trinajstić information content (AvgIpc) is 1.92. The Morgan fingerprint density at radius 3 is 3.20 bits per heavy atom. The molecule has 0 heterocycles. The topological polar surface area (TPSA) is 0 Å². The largest absolute Gasteiger partial charge is 0.103 e. The summed E-state index contributed by atoms with van der Waals surface area (Å²) < 4.78 is 0. The Labute approximate surface area is 62.6 Å². The van der Waals surface area contributed by atoms with Crippen molar-refractivity contribution in [3.63, 3.8) is 0 Å². The van der Waals surface area contributed by atoms with E-state index in [1.807, 2.05) is 0 Å². The SMILES string of the molecule is C=CC1CC2=CCCCC21. The Balaban J connectivity index is 2.09. The minimum atomic E-state index is 0.826. The van der Waals surface area contributed by atoms with Gasteiger partial charge >= 0.3 is 0 Å². The quantitative estimate of drug-likeness (QED) is 0.484. The summed E-state index contributed by atoms with van der Waals surface area (Å²) >= 11 is 0. The molecule has 0 radical (unpaired) electrons. The average molecular weight is 134 g/mol. The van der Waals surface area contributed by atoms with E-state index in [9.17, 15) is 0 Å². The van der Waals surface area contributed by atoms with Gasteiger partial charge in [-0.15, -0.1) is 6.58 Å². The number of rotatable bonds is 1. The van der Waals surface area contributed by atoms with E-state index in [0.29, 0.717) is 0 Å². The van der Waals surface area contributed by atoms with Gasteiger partial charge in [0.15, 0.2) is 0 Å². The van der Waals surface area contributed by atoms with Gasteiger partial charge in [0.1, 0.15) is 0 Å². The summed E-state index contributed by atoms with van der Waals surface area (Å²) in [5, 5.41) is 0. The van der Waals surface area contributed by atoms with Crippen LogP contribution in [0.3, 0.4) is 0 Å². The van der Waals surface area contributed by atoms with Crippen LogP contribution in [0.4, 0.5) is 0 Å². The zero-order valence-corrected chi connectivity index (χ0v) is 6.34. The van der Waals surface area contributed by atoms with E-state index in [1.165, 1.54) is 25.7 Å². The van der Waals surface area contributed by atoms with Crippen LogP contribution >= 0.6 is 0 Å². The highest BCUT2D eigenvalue weighted by Crippen LogP contribution is 2.46. The molecule has 0 bridgehead atoms. The van der Waals surface area contributed by atoms with Crippen molar-refractivity contribution in [2.45, 2.75) is 25.7 Å². The van der Waals surface area contributed by atoms with Gasteiger partial charge in [-0.3, -0.25) is 0 Å². The Bertz CT molecular complexity index is 176. The maximum Gasteiger partial charge on any atom is -0.0133 e. The van der Waals surface area contributed by atoms with E-state index >= 15 is 0 Å². The number of fused-ring (bicyclic) bond motifs is 1. The summed E-state index contributed by atoms with van der Waals surface area (Å²) in [4.78, 5) is 0. The molecule has 0 aliphatic heterocycles. The highest BCUT2D eigenvalue weighted by atomic mass is 14.4. The molecule has 2 aliphatic carbocycles. The lowest BCUT2D eigenvalue weighted by Crippen LogP contribution is -2.29. The van der Waals surface area contributed by atoms with Crippen LogP contribution in [0.15, 0.2) is 24.3 Å². The van der Waals surface area contributed by atoms with Crippen LogP contribution in [0.25, 0.3) is 0 Å². The van der Waals surface area contributed by atoms with Gasteiger partial charge in [0.25, 0.3) is 0 Å². The Kier molecular flexibility index (Phi) is 1.40. The first-order valence-electron chi connectivity index (χ1n) is 4.23. The Morgan fingerprint density at radius 2 is 2.50 bits per heavy atom. The molecule has 2 aliphatic rings. The fourth-order valence-electron chi connectivity index (χ4n) is 2.19. The Hall–Kier alpha value is -0.520. The second kappa shape index (κ2) is 2.26. The van der Waals surface area contributed by atoms with Crippen LogP contribution < -0.4 is 0 Å². The molecular weight excluding hydrogens is 120 g/mol. The standard InChI is InChI=1S/C10H14/c1-2-8-7-9-5-3-4-6-10(8)9/h2,5,8,10H,1,3-4,6-7H2. The van der Waals surface area contributed by atoms with E-state index in [2.05, 4.69) is 18.7 Å². The molecule has 1 fully saturated rings. The number of allylic oxidation sites excluding steroid dienone is 3. The highest BCUT2D eigenvalue weighted by molar-refractivity contribution is 5.23. The molecule has 0 saturated heterocycles. The molecule has 1 saturated carbocycles. The predicted octanol–water partition coefficient (Wildman–Crippen LogP) is 2.92. The second-order valence-electron chi connectivity index (χ2n) is 3.42. The molecule has 0 aromatic rings. The van der Waals surface area contributed by atoms with E-state index in [1.54, 1.807) is 5.57 Å². The monoisotopic (exact) mass is 134 g/mol. The summed E-state index contributed by atoms with van der Waals surface area (Å²) in [6, 6.07) is 0. The van der Waals surface area contributed by atoms with Gasteiger partial charge in [-0.2, -0.15) is 0 Å². The molecule has 0 spiro atoms. The lowest BCUT2D eigenvalue weighted by Gasteiger charge is -2.40. The fraction of sp³-hybridized carbons (Fsp3) is 0.600. The minimum absolute atomic E-state index is 0.826. The maximum absolute atomic E-state index is 3.85. The van der Waals surface area contributed by atoms with E-state index in [0.717, 1.165) is 11.8 Å². The molecule has 0 amide bonds. The number of hydrogen-bond acceptors (Lipinski definition) is 0. The minimum Gasteiger partial charge on any atom is -0.103 e. The van der Waals surface area contributed by atoms with Gasteiger partial charge in [0.2, 0.25) is 0 Å². The maximum atomic E-state index is 3.85. The van der Waals surface area contributed by atoms with Crippen LogP contribution in [-0.2, 0) is 0 Å². The van der Waals surface area contributed by atoms with E-state index < -0.39 is 0 Å². The molecule has 2 unspecified atom stereocenters. The highest BCUT2D eigenvalue weighted by Gasteiger charge is 2.34. The van der Waals surface area contributed by atoms with Crippen molar-refractivity contribution in [3.8, 4) is 0 Å². The van der Waals surface area contributed by atoms with Gasteiger partial charge < -0.3 is 0 Å². The van der Waals surface area contributed by atoms with Gasteiger partial charge in [0.05, 0.1) is 0 Å². The first-order chi connectivity index (χ1) is 4.92. The fourth-order valence-corrected chi connectivity index (χ4v) is 2.19. The van der Waals surface area contributed by atoms with Gasteiger partial charge in [-0.05, 0) is 37.5 Å². The zero-order valence-electron chi connectivity index (χ0n) is 6.34. The smallest absolute Gasteiger partial charge is 0.0133 e. The molecule has 10 heavy (non-hydrogen) atoms. The molecule has 2 rings (SSSR count). The molecular formula is C10H14. The molecule has 0 aromatic carbocycles. The third-order valence-electron chi connectivity index (χ3n) is 2.89. The second-order valence-corrected chi connectivity index (χ2v) is 3.42.